The van der Waals surface area contributed by atoms with Crippen molar-refractivity contribution >= 4 is 11.8 Å². The van der Waals surface area contributed by atoms with Crippen LogP contribution >= 0.6 is 0 Å². The fourth-order valence-corrected chi connectivity index (χ4v) is 1.50. The van der Waals surface area contributed by atoms with Gasteiger partial charge in [0.1, 0.15) is 0 Å². The number of amides is 2. The number of carbonyl (C=O) groups is 2. The molecule has 0 saturated heterocycles. The summed E-state index contributed by atoms with van der Waals surface area (Å²) in [4.78, 5) is 25.3. The lowest BCUT2D eigenvalue weighted by molar-refractivity contribution is -0.130. The molecule has 0 aliphatic heterocycles. The second kappa shape index (κ2) is 7.36. The van der Waals surface area contributed by atoms with Crippen molar-refractivity contribution in [2.45, 2.75) is 53.1 Å². The lowest BCUT2D eigenvalue weighted by Crippen LogP contribution is -2.51. The number of carbonyl (C=O) groups excluding carboxylic acids is 2. The Labute approximate surface area is 110 Å². The third-order valence-corrected chi connectivity index (χ3v) is 2.57. The predicted octanol–water partition coefficient (Wildman–Crippen LogP) is 0.748. The molecule has 0 aliphatic rings. The van der Waals surface area contributed by atoms with Crippen LogP contribution in [0.15, 0.2) is 0 Å². The second-order valence-corrected chi connectivity index (χ2v) is 5.41. The van der Waals surface area contributed by atoms with E-state index < -0.39 is 0 Å². The molecule has 0 fully saturated rings. The Hall–Kier alpha value is -1.10. The maximum absolute atomic E-state index is 11.8. The van der Waals surface area contributed by atoms with Gasteiger partial charge in [-0.15, -0.1) is 0 Å². The Morgan fingerprint density at radius 3 is 2.06 bits per heavy atom. The topological polar surface area (TPSA) is 61.4 Å². The van der Waals surface area contributed by atoms with Crippen LogP contribution in [0.3, 0.4) is 0 Å². The van der Waals surface area contributed by atoms with E-state index in [-0.39, 0.29) is 29.9 Å². The van der Waals surface area contributed by atoms with E-state index in [2.05, 4.69) is 10.6 Å². The van der Waals surface area contributed by atoms with Gasteiger partial charge in [-0.25, -0.2) is 0 Å². The van der Waals surface area contributed by atoms with E-state index in [1.807, 2.05) is 34.6 Å². The van der Waals surface area contributed by atoms with Gasteiger partial charge >= 0.3 is 0 Å². The third-order valence-electron chi connectivity index (χ3n) is 2.57. The summed E-state index contributed by atoms with van der Waals surface area (Å²) in [6.45, 7) is 13.0. The normalized spacial score (nSPS) is 13.0. The van der Waals surface area contributed by atoms with E-state index >= 15 is 0 Å². The second-order valence-electron chi connectivity index (χ2n) is 5.41. The van der Waals surface area contributed by atoms with E-state index in [1.165, 1.54) is 0 Å². The highest BCUT2D eigenvalue weighted by molar-refractivity contribution is 5.83. The lowest BCUT2D eigenvalue weighted by Gasteiger charge is -2.24. The molecule has 0 aromatic carbocycles. The van der Waals surface area contributed by atoms with E-state index in [9.17, 15) is 9.59 Å². The molecule has 5 heteroatoms. The van der Waals surface area contributed by atoms with Gasteiger partial charge in [-0.05, 0) is 41.5 Å². The molecule has 0 aromatic rings. The van der Waals surface area contributed by atoms with Crippen LogP contribution in [0.4, 0.5) is 0 Å². The number of rotatable bonds is 6. The first-order chi connectivity index (χ1) is 8.21. The Morgan fingerprint density at radius 2 is 1.67 bits per heavy atom. The number of nitrogens with one attached hydrogen (secondary N) is 2. The zero-order chi connectivity index (χ0) is 14.3. The summed E-state index contributed by atoms with van der Waals surface area (Å²) in [6.07, 6.45) is 0. The summed E-state index contributed by atoms with van der Waals surface area (Å²) in [6, 6.07) is -0.372. The molecule has 18 heavy (non-hydrogen) atoms. The average molecular weight is 257 g/mol. The number of likely N-dealkylation sites (N-methyl/N-ethyl adjacent to an activating group) is 1. The summed E-state index contributed by atoms with van der Waals surface area (Å²) in [5.41, 5.74) is -0.254. The van der Waals surface area contributed by atoms with Gasteiger partial charge in [0.15, 0.2) is 0 Å². The summed E-state index contributed by atoms with van der Waals surface area (Å²) in [5.74, 6) is -0.0646. The highest BCUT2D eigenvalue weighted by Gasteiger charge is 2.20. The molecule has 106 valence electrons. The van der Waals surface area contributed by atoms with Gasteiger partial charge in [0, 0.05) is 18.6 Å². The van der Waals surface area contributed by atoms with Crippen molar-refractivity contribution in [3.8, 4) is 0 Å². The molecule has 5 nitrogen and oxygen atoms in total. The fraction of sp³-hybridized carbons (Fsp3) is 0.846. The molecular formula is C13H27N3O2. The molecule has 0 heterocycles. The van der Waals surface area contributed by atoms with Crippen molar-refractivity contribution in [2.24, 2.45) is 0 Å². The van der Waals surface area contributed by atoms with Gasteiger partial charge in [0.05, 0.1) is 12.6 Å². The van der Waals surface area contributed by atoms with Crippen LogP contribution in [0.2, 0.25) is 0 Å². The Balaban J connectivity index is 4.14. The zero-order valence-corrected chi connectivity index (χ0v) is 12.5. The van der Waals surface area contributed by atoms with Crippen molar-refractivity contribution in [1.29, 1.82) is 0 Å². The van der Waals surface area contributed by atoms with Crippen LogP contribution in [0.5, 0.6) is 0 Å². The minimum atomic E-state index is -0.372. The van der Waals surface area contributed by atoms with Gasteiger partial charge in [0.2, 0.25) is 11.8 Å². The molecule has 0 aromatic heterocycles. The maximum Gasteiger partial charge on any atom is 0.237 e. The van der Waals surface area contributed by atoms with Crippen LogP contribution in [0.1, 0.15) is 41.5 Å². The SMILES string of the molecule is CCN(CC)C(=O)CNC(C)C(=O)NC(C)(C)C. The van der Waals surface area contributed by atoms with Crippen molar-refractivity contribution in [3.63, 3.8) is 0 Å². The monoisotopic (exact) mass is 257 g/mol. The summed E-state index contributed by atoms with van der Waals surface area (Å²) in [7, 11) is 0. The molecule has 2 N–H and O–H groups in total. The minimum absolute atomic E-state index is 0.0235. The van der Waals surface area contributed by atoms with Crippen LogP contribution in [0, 0.1) is 0 Å². The maximum atomic E-state index is 11.8. The fourth-order valence-electron chi connectivity index (χ4n) is 1.50. The summed E-state index contributed by atoms with van der Waals surface area (Å²) >= 11 is 0. The molecule has 1 unspecified atom stereocenters. The average Bonchev–Trinajstić information content (AvgIpc) is 2.25. The number of hydrogen-bond donors (Lipinski definition) is 2. The molecule has 0 bridgehead atoms. The van der Waals surface area contributed by atoms with Gasteiger partial charge in [0.25, 0.3) is 0 Å². The van der Waals surface area contributed by atoms with Crippen molar-refractivity contribution in [3.05, 3.63) is 0 Å². The highest BCUT2D eigenvalue weighted by atomic mass is 16.2. The minimum Gasteiger partial charge on any atom is -0.350 e. The van der Waals surface area contributed by atoms with Crippen LogP contribution in [0.25, 0.3) is 0 Å². The molecule has 0 radical (unpaired) electrons. The molecule has 0 spiro atoms. The highest BCUT2D eigenvalue weighted by Crippen LogP contribution is 1.99. The molecule has 0 aliphatic carbocycles. The van der Waals surface area contributed by atoms with E-state index in [0.717, 1.165) is 0 Å². The smallest absolute Gasteiger partial charge is 0.237 e. The first-order valence-corrected chi connectivity index (χ1v) is 6.54. The Bertz CT molecular complexity index is 280. The zero-order valence-electron chi connectivity index (χ0n) is 12.5. The first-order valence-electron chi connectivity index (χ1n) is 6.54. The molecule has 2 amide bonds. The lowest BCUT2D eigenvalue weighted by atomic mass is 10.1. The predicted molar refractivity (Wildman–Crippen MR) is 73.3 cm³/mol. The summed E-state index contributed by atoms with van der Waals surface area (Å²) < 4.78 is 0. The molecule has 0 rings (SSSR count). The summed E-state index contributed by atoms with van der Waals surface area (Å²) in [5, 5.41) is 5.82. The van der Waals surface area contributed by atoms with E-state index in [0.29, 0.717) is 13.1 Å². The van der Waals surface area contributed by atoms with Crippen LogP contribution in [-0.2, 0) is 9.59 Å². The molecule has 0 saturated carbocycles. The van der Waals surface area contributed by atoms with Crippen molar-refractivity contribution in [1.82, 2.24) is 15.5 Å². The molecular weight excluding hydrogens is 230 g/mol. The standard InChI is InChI=1S/C13H27N3O2/c1-7-16(8-2)11(17)9-14-10(3)12(18)15-13(4,5)6/h10,14H,7-9H2,1-6H3,(H,15,18). The van der Waals surface area contributed by atoms with Gasteiger partial charge < -0.3 is 10.2 Å². The van der Waals surface area contributed by atoms with Crippen LogP contribution in [-0.4, -0.2) is 47.9 Å². The Morgan fingerprint density at radius 1 is 1.17 bits per heavy atom. The van der Waals surface area contributed by atoms with Gasteiger partial charge in [-0.2, -0.15) is 0 Å². The third kappa shape index (κ3) is 6.59. The number of nitrogens with zero attached hydrogens (tertiary/aromatic N) is 1. The molecule has 1 atom stereocenters. The first kappa shape index (κ1) is 16.9. The Kier molecular flexibility index (Phi) is 6.91. The quantitative estimate of drug-likeness (QED) is 0.738. The van der Waals surface area contributed by atoms with Gasteiger partial charge in [-0.3, -0.25) is 14.9 Å². The van der Waals surface area contributed by atoms with Crippen molar-refractivity contribution < 1.29 is 9.59 Å². The van der Waals surface area contributed by atoms with Gasteiger partial charge in [-0.1, -0.05) is 0 Å². The number of hydrogen-bond acceptors (Lipinski definition) is 3. The van der Waals surface area contributed by atoms with Crippen LogP contribution < -0.4 is 10.6 Å². The van der Waals surface area contributed by atoms with E-state index in [4.69, 9.17) is 0 Å². The van der Waals surface area contributed by atoms with E-state index in [1.54, 1.807) is 11.8 Å². The largest absolute Gasteiger partial charge is 0.350 e. The van der Waals surface area contributed by atoms with Crippen molar-refractivity contribution in [2.75, 3.05) is 19.6 Å².